The summed E-state index contributed by atoms with van der Waals surface area (Å²) in [6.45, 7) is 17.7. The number of carboxylic acids is 1. The van der Waals surface area contributed by atoms with Crippen LogP contribution in [0.4, 0.5) is 4.39 Å². The summed E-state index contributed by atoms with van der Waals surface area (Å²) in [5.74, 6) is -1.71. The average molecular weight is 711 g/mol. The van der Waals surface area contributed by atoms with E-state index in [1.54, 1.807) is 18.9 Å². The van der Waals surface area contributed by atoms with Gasteiger partial charge in [-0.15, -0.1) is 11.8 Å². The number of carboxylic acid groups (broad SMARTS) is 1. The lowest BCUT2D eigenvalue weighted by Crippen LogP contribution is -2.43. The second-order valence-electron chi connectivity index (χ2n) is 10.5. The third-order valence-electron chi connectivity index (χ3n) is 5.96. The number of nitrogens with one attached hydrogen (secondary N) is 2. The number of nitrogens with zero attached hydrogens (tertiary/aromatic N) is 1. The van der Waals surface area contributed by atoms with Crippen molar-refractivity contribution in [3.8, 4) is 0 Å². The predicted octanol–water partition coefficient (Wildman–Crippen LogP) is 4.18. The molecule has 48 heavy (non-hydrogen) atoms. The molecular formula is C34H67FN4O8S. The van der Waals surface area contributed by atoms with Crippen LogP contribution < -0.4 is 16.4 Å². The van der Waals surface area contributed by atoms with Crippen molar-refractivity contribution in [2.75, 3.05) is 97.6 Å². The molecule has 0 rings (SSSR count). The first kappa shape index (κ1) is 50.3. The number of allylic oxidation sites excluding steroid dienone is 3. The molecule has 0 fully saturated rings. The van der Waals surface area contributed by atoms with E-state index in [9.17, 15) is 23.9 Å². The Kier molecular flexibility index (Phi) is 43.1. The van der Waals surface area contributed by atoms with Crippen LogP contribution in [-0.4, -0.2) is 131 Å². The first-order valence-electron chi connectivity index (χ1n) is 17.1. The highest BCUT2D eigenvalue weighted by atomic mass is 32.2. The highest BCUT2D eigenvalue weighted by Crippen LogP contribution is 2.06. The molecule has 0 aliphatic heterocycles. The van der Waals surface area contributed by atoms with Crippen molar-refractivity contribution >= 4 is 29.5 Å². The van der Waals surface area contributed by atoms with Gasteiger partial charge in [0, 0.05) is 32.3 Å². The molecule has 0 heterocycles. The number of unbranched alkanes of at least 4 members (excludes halogenated alkanes) is 3. The van der Waals surface area contributed by atoms with E-state index in [1.165, 1.54) is 56.0 Å². The standard InChI is InChI=1S/C26H52N4O8S.C5H7F.C3H8/c1-3-4-5-6-10-28-11-14-36-16-18-38-20-19-37-17-15-35-13-8-24(31)29-23(26(33)34)21-39-22-25(32)30(2)12-7-9-27;1-3-5(6)4-2;1-3-2/h23,28H,3-22,27H2,1-2H3,(H,29,31)(H,33,34);3-4H,1H2,2H3;3H2,1-2H3/b;5-4+;/t23-;;/m0../s1. The van der Waals surface area contributed by atoms with Gasteiger partial charge in [0.2, 0.25) is 11.8 Å². The number of carbonyl (C=O) groups excluding carboxylic acids is 2. The third kappa shape index (κ3) is 40.1. The topological polar surface area (TPSA) is 162 Å². The van der Waals surface area contributed by atoms with Crippen molar-refractivity contribution in [1.29, 1.82) is 0 Å². The lowest BCUT2D eigenvalue weighted by atomic mass is 10.2. The van der Waals surface area contributed by atoms with Gasteiger partial charge in [-0.05, 0) is 38.9 Å². The Morgan fingerprint density at radius 2 is 1.48 bits per heavy atom. The largest absolute Gasteiger partial charge is 0.480 e. The van der Waals surface area contributed by atoms with Gasteiger partial charge in [-0.25, -0.2) is 9.18 Å². The minimum Gasteiger partial charge on any atom is -0.480 e. The summed E-state index contributed by atoms with van der Waals surface area (Å²) in [4.78, 5) is 37.1. The maximum atomic E-state index is 12.1. The van der Waals surface area contributed by atoms with Gasteiger partial charge in [0.15, 0.2) is 0 Å². The number of halogens is 1. The summed E-state index contributed by atoms with van der Waals surface area (Å²) in [5, 5.41) is 15.2. The normalized spacial score (nSPS) is 11.4. The molecule has 0 saturated heterocycles. The van der Waals surface area contributed by atoms with E-state index in [4.69, 9.17) is 24.7 Å². The van der Waals surface area contributed by atoms with Gasteiger partial charge in [-0.3, -0.25) is 9.59 Å². The van der Waals surface area contributed by atoms with Gasteiger partial charge < -0.3 is 45.3 Å². The number of aliphatic carboxylic acids is 1. The highest BCUT2D eigenvalue weighted by molar-refractivity contribution is 8.00. The van der Waals surface area contributed by atoms with E-state index < -0.39 is 17.9 Å². The molecule has 1 atom stereocenters. The first-order valence-corrected chi connectivity index (χ1v) is 18.3. The van der Waals surface area contributed by atoms with Crippen LogP contribution in [0, 0.1) is 0 Å². The summed E-state index contributed by atoms with van der Waals surface area (Å²) in [5.41, 5.74) is 5.44. The number of ether oxygens (including phenoxy) is 4. The Bertz CT molecular complexity index is 796. The molecule has 0 aliphatic rings. The summed E-state index contributed by atoms with van der Waals surface area (Å²) in [7, 11) is 1.68. The Morgan fingerprint density at radius 1 is 0.917 bits per heavy atom. The zero-order valence-electron chi connectivity index (χ0n) is 30.4. The molecule has 0 aromatic carbocycles. The van der Waals surface area contributed by atoms with Gasteiger partial charge in [-0.2, -0.15) is 0 Å². The molecular weight excluding hydrogens is 643 g/mol. The molecule has 0 unspecified atom stereocenters. The SMILES string of the molecule is C=C/C(F)=C\C.CCC.CCCCCCNCCOCCOCCOCCOCCC(=O)N[C@@H](CSCC(=O)N(C)CCCN)C(=O)O. The fourth-order valence-electron chi connectivity index (χ4n) is 3.26. The fraction of sp³-hybridized carbons (Fsp3) is 0.794. The Balaban J connectivity index is -0.00000197. The van der Waals surface area contributed by atoms with Crippen LogP contribution in [0.2, 0.25) is 0 Å². The predicted molar refractivity (Wildman–Crippen MR) is 194 cm³/mol. The van der Waals surface area contributed by atoms with Crippen LogP contribution in [0.1, 0.15) is 72.6 Å². The second kappa shape index (κ2) is 41.1. The molecule has 14 heteroatoms. The Labute approximate surface area is 294 Å². The zero-order chi connectivity index (χ0) is 36.7. The van der Waals surface area contributed by atoms with Crippen molar-refractivity contribution in [2.24, 2.45) is 5.73 Å². The molecule has 0 aliphatic carbocycles. The van der Waals surface area contributed by atoms with E-state index in [2.05, 4.69) is 38.0 Å². The fourth-order valence-corrected chi connectivity index (χ4v) is 4.23. The molecule has 0 bridgehead atoms. The maximum Gasteiger partial charge on any atom is 0.327 e. The van der Waals surface area contributed by atoms with Crippen LogP contribution in [0.5, 0.6) is 0 Å². The number of hydrogen-bond acceptors (Lipinski definition) is 10. The minimum absolute atomic E-state index is 0.0344. The van der Waals surface area contributed by atoms with Crippen molar-refractivity contribution in [1.82, 2.24) is 15.5 Å². The van der Waals surface area contributed by atoms with Crippen LogP contribution in [0.25, 0.3) is 0 Å². The lowest BCUT2D eigenvalue weighted by molar-refractivity contribution is -0.141. The highest BCUT2D eigenvalue weighted by Gasteiger charge is 2.20. The average Bonchev–Trinajstić information content (AvgIpc) is 3.07. The quantitative estimate of drug-likeness (QED) is 0.0625. The van der Waals surface area contributed by atoms with Crippen molar-refractivity contribution in [3.05, 3.63) is 24.6 Å². The monoisotopic (exact) mass is 710 g/mol. The number of thioether (sulfide) groups is 1. The number of carbonyl (C=O) groups is 3. The third-order valence-corrected chi connectivity index (χ3v) is 6.98. The summed E-state index contributed by atoms with van der Waals surface area (Å²) in [6, 6.07) is -1.07. The van der Waals surface area contributed by atoms with Crippen molar-refractivity contribution in [2.45, 2.75) is 78.7 Å². The lowest BCUT2D eigenvalue weighted by Gasteiger charge is -2.18. The summed E-state index contributed by atoms with van der Waals surface area (Å²) in [6.07, 6.45) is 9.55. The Morgan fingerprint density at radius 3 is 1.96 bits per heavy atom. The minimum atomic E-state index is -1.15. The van der Waals surface area contributed by atoms with Gasteiger partial charge in [0.05, 0.1) is 58.6 Å². The van der Waals surface area contributed by atoms with Gasteiger partial charge in [0.25, 0.3) is 0 Å². The van der Waals surface area contributed by atoms with Crippen LogP contribution in [0.3, 0.4) is 0 Å². The maximum absolute atomic E-state index is 12.1. The molecule has 0 saturated carbocycles. The van der Waals surface area contributed by atoms with Gasteiger partial charge in [-0.1, -0.05) is 59.1 Å². The Hall–Kier alpha value is -2.07. The smallest absolute Gasteiger partial charge is 0.327 e. The summed E-state index contributed by atoms with van der Waals surface area (Å²) < 4.78 is 33.4. The van der Waals surface area contributed by atoms with Gasteiger partial charge >= 0.3 is 5.97 Å². The van der Waals surface area contributed by atoms with E-state index in [0.717, 1.165) is 13.1 Å². The van der Waals surface area contributed by atoms with Crippen molar-refractivity contribution in [3.63, 3.8) is 0 Å². The van der Waals surface area contributed by atoms with Crippen LogP contribution >= 0.6 is 11.8 Å². The second-order valence-corrected chi connectivity index (χ2v) is 11.6. The molecule has 0 aromatic heterocycles. The van der Waals surface area contributed by atoms with E-state index >= 15 is 0 Å². The zero-order valence-corrected chi connectivity index (χ0v) is 31.2. The molecule has 0 spiro atoms. The molecule has 2 amide bonds. The molecule has 12 nitrogen and oxygen atoms in total. The van der Waals surface area contributed by atoms with Crippen LogP contribution in [-0.2, 0) is 33.3 Å². The van der Waals surface area contributed by atoms with Crippen molar-refractivity contribution < 1.29 is 42.8 Å². The van der Waals surface area contributed by atoms with E-state index in [0.29, 0.717) is 65.8 Å². The number of amides is 2. The van der Waals surface area contributed by atoms with Gasteiger partial charge in [0.1, 0.15) is 11.9 Å². The van der Waals surface area contributed by atoms with E-state index in [-0.39, 0.29) is 36.3 Å². The van der Waals surface area contributed by atoms with Crippen LogP contribution in [0.15, 0.2) is 24.6 Å². The first-order chi connectivity index (χ1) is 23.1. The number of nitrogens with two attached hydrogens (primary N) is 1. The molecule has 5 N–H and O–H groups in total. The number of hydrogen-bond donors (Lipinski definition) is 4. The molecule has 0 aromatic rings. The number of rotatable bonds is 30. The summed E-state index contributed by atoms with van der Waals surface area (Å²) >= 11 is 1.17. The molecule has 0 radical (unpaired) electrons. The van der Waals surface area contributed by atoms with E-state index in [1.807, 2.05) is 0 Å². The molecule has 284 valence electrons.